The second-order valence-corrected chi connectivity index (χ2v) is 5.21. The third-order valence-electron chi connectivity index (χ3n) is 3.45. The van der Waals surface area contributed by atoms with Crippen LogP contribution in [0.3, 0.4) is 0 Å². The van der Waals surface area contributed by atoms with E-state index in [-0.39, 0.29) is 5.91 Å². The zero-order valence-corrected chi connectivity index (χ0v) is 11.4. The van der Waals surface area contributed by atoms with Crippen molar-refractivity contribution in [2.24, 2.45) is 0 Å². The fourth-order valence-electron chi connectivity index (χ4n) is 2.33. The number of carbonyl (C=O) groups excluding carboxylic acids is 1. The molecule has 0 unspecified atom stereocenters. The molecule has 0 aromatic heterocycles. The molecule has 0 saturated carbocycles. The Hall–Kier alpha value is -1.06. The maximum Gasteiger partial charge on any atom is 0.227 e. The number of likely N-dealkylation sites (tertiary alicyclic amines) is 1. The smallest absolute Gasteiger partial charge is 0.227 e. The van der Waals surface area contributed by atoms with Crippen LogP contribution in [0.2, 0.25) is 5.02 Å². The van der Waals surface area contributed by atoms with E-state index in [0.29, 0.717) is 17.5 Å². The molecule has 1 saturated heterocycles. The van der Waals surface area contributed by atoms with Gasteiger partial charge in [0.2, 0.25) is 5.91 Å². The first-order valence-corrected chi connectivity index (χ1v) is 6.76. The van der Waals surface area contributed by atoms with Gasteiger partial charge in [0.15, 0.2) is 0 Å². The number of piperidine rings is 1. The lowest BCUT2D eigenvalue weighted by atomic mass is 10.0. The van der Waals surface area contributed by atoms with Crippen LogP contribution in [0.4, 0.5) is 0 Å². The number of carbonyl (C=O) groups is 1. The lowest BCUT2D eigenvalue weighted by Gasteiger charge is -2.32. The first-order valence-electron chi connectivity index (χ1n) is 6.38. The maximum absolute atomic E-state index is 12.2. The highest BCUT2D eigenvalue weighted by atomic mass is 35.5. The topological polar surface area (TPSA) is 32.3 Å². The molecule has 1 aromatic rings. The first kappa shape index (κ1) is 13.4. The molecule has 0 radical (unpaired) electrons. The molecule has 0 spiro atoms. The quantitative estimate of drug-likeness (QED) is 0.909. The van der Waals surface area contributed by atoms with E-state index < -0.39 is 0 Å². The highest BCUT2D eigenvalue weighted by Gasteiger charge is 2.22. The van der Waals surface area contributed by atoms with Gasteiger partial charge in [0, 0.05) is 24.2 Å². The maximum atomic E-state index is 12.2. The van der Waals surface area contributed by atoms with Gasteiger partial charge in [-0.1, -0.05) is 23.7 Å². The largest absolute Gasteiger partial charge is 0.341 e. The molecule has 2 rings (SSSR count). The molecular formula is C14H19ClN2O. The molecule has 1 fully saturated rings. The SMILES string of the molecule is CN[C@H]1CCCN(C(=O)Cc2ccc(Cl)cc2)C1. The predicted octanol–water partition coefficient (Wildman–Crippen LogP) is 2.09. The summed E-state index contributed by atoms with van der Waals surface area (Å²) in [5.74, 6) is 0.206. The van der Waals surface area contributed by atoms with Crippen molar-refractivity contribution in [2.45, 2.75) is 25.3 Å². The van der Waals surface area contributed by atoms with Gasteiger partial charge < -0.3 is 10.2 Å². The summed E-state index contributed by atoms with van der Waals surface area (Å²) >= 11 is 5.83. The molecule has 1 aliphatic rings. The van der Waals surface area contributed by atoms with Gasteiger partial charge in [0.25, 0.3) is 0 Å². The Morgan fingerprint density at radius 1 is 1.44 bits per heavy atom. The molecule has 1 heterocycles. The Bertz CT molecular complexity index is 405. The van der Waals surface area contributed by atoms with Crippen molar-refractivity contribution in [3.8, 4) is 0 Å². The van der Waals surface area contributed by atoms with E-state index >= 15 is 0 Å². The Kier molecular flexibility index (Phi) is 4.61. The molecule has 1 amide bonds. The van der Waals surface area contributed by atoms with Crippen molar-refractivity contribution in [1.82, 2.24) is 10.2 Å². The molecule has 98 valence electrons. The fraction of sp³-hybridized carbons (Fsp3) is 0.500. The summed E-state index contributed by atoms with van der Waals surface area (Å²) in [6.07, 6.45) is 2.70. The molecular weight excluding hydrogens is 248 g/mol. The van der Waals surface area contributed by atoms with Crippen LogP contribution >= 0.6 is 11.6 Å². The molecule has 0 bridgehead atoms. The van der Waals surface area contributed by atoms with E-state index in [1.807, 2.05) is 36.2 Å². The molecule has 1 aromatic carbocycles. The van der Waals surface area contributed by atoms with Crippen LogP contribution in [0.15, 0.2) is 24.3 Å². The molecule has 18 heavy (non-hydrogen) atoms. The number of amides is 1. The number of nitrogens with zero attached hydrogens (tertiary/aromatic N) is 1. The predicted molar refractivity (Wildman–Crippen MR) is 73.8 cm³/mol. The third kappa shape index (κ3) is 3.47. The number of rotatable bonds is 3. The van der Waals surface area contributed by atoms with Gasteiger partial charge >= 0.3 is 0 Å². The number of hydrogen-bond donors (Lipinski definition) is 1. The van der Waals surface area contributed by atoms with Crippen molar-refractivity contribution in [2.75, 3.05) is 20.1 Å². The minimum absolute atomic E-state index is 0.206. The molecule has 1 aliphatic heterocycles. The van der Waals surface area contributed by atoms with Crippen LogP contribution in [0.25, 0.3) is 0 Å². The van der Waals surface area contributed by atoms with Gasteiger partial charge in [-0.25, -0.2) is 0 Å². The monoisotopic (exact) mass is 266 g/mol. The Balaban J connectivity index is 1.93. The van der Waals surface area contributed by atoms with E-state index in [1.165, 1.54) is 0 Å². The standard InChI is InChI=1S/C14H19ClN2O/c1-16-13-3-2-8-17(10-13)14(18)9-11-4-6-12(15)7-5-11/h4-7,13,16H,2-3,8-10H2,1H3/t13-/m0/s1. The average Bonchev–Trinajstić information content (AvgIpc) is 2.41. The number of halogens is 1. The van der Waals surface area contributed by atoms with Crippen LogP contribution in [0.1, 0.15) is 18.4 Å². The first-order chi connectivity index (χ1) is 8.69. The van der Waals surface area contributed by atoms with Gasteiger partial charge in [-0.15, -0.1) is 0 Å². The van der Waals surface area contributed by atoms with Crippen LogP contribution in [-0.2, 0) is 11.2 Å². The van der Waals surface area contributed by atoms with Crippen LogP contribution < -0.4 is 5.32 Å². The van der Waals surface area contributed by atoms with Crippen LogP contribution in [-0.4, -0.2) is 37.0 Å². The van der Waals surface area contributed by atoms with E-state index in [2.05, 4.69) is 5.32 Å². The van der Waals surface area contributed by atoms with Crippen molar-refractivity contribution < 1.29 is 4.79 Å². The number of nitrogens with one attached hydrogen (secondary N) is 1. The normalized spacial score (nSPS) is 19.9. The van der Waals surface area contributed by atoms with Crippen LogP contribution in [0.5, 0.6) is 0 Å². The second kappa shape index (κ2) is 6.21. The summed E-state index contributed by atoms with van der Waals surface area (Å²) in [6.45, 7) is 1.70. The lowest BCUT2D eigenvalue weighted by molar-refractivity contribution is -0.131. The lowest BCUT2D eigenvalue weighted by Crippen LogP contribution is -2.47. The zero-order chi connectivity index (χ0) is 13.0. The van der Waals surface area contributed by atoms with Crippen molar-refractivity contribution in [3.63, 3.8) is 0 Å². The van der Waals surface area contributed by atoms with Crippen LogP contribution in [0, 0.1) is 0 Å². The van der Waals surface area contributed by atoms with Crippen molar-refractivity contribution in [1.29, 1.82) is 0 Å². The van der Waals surface area contributed by atoms with Gasteiger partial charge in [-0.3, -0.25) is 4.79 Å². The third-order valence-corrected chi connectivity index (χ3v) is 3.70. The molecule has 4 heteroatoms. The average molecular weight is 267 g/mol. The van der Waals surface area contributed by atoms with E-state index in [4.69, 9.17) is 11.6 Å². The minimum atomic E-state index is 0.206. The van der Waals surface area contributed by atoms with E-state index in [1.54, 1.807) is 0 Å². The molecule has 0 aliphatic carbocycles. The van der Waals surface area contributed by atoms with E-state index in [0.717, 1.165) is 31.5 Å². The summed E-state index contributed by atoms with van der Waals surface area (Å²) in [7, 11) is 1.96. The van der Waals surface area contributed by atoms with Gasteiger partial charge in [-0.2, -0.15) is 0 Å². The van der Waals surface area contributed by atoms with Gasteiger partial charge in [0.1, 0.15) is 0 Å². The highest BCUT2D eigenvalue weighted by molar-refractivity contribution is 6.30. The fourth-order valence-corrected chi connectivity index (χ4v) is 2.45. The van der Waals surface area contributed by atoms with Gasteiger partial charge in [0.05, 0.1) is 6.42 Å². The number of likely N-dealkylation sites (N-methyl/N-ethyl adjacent to an activating group) is 1. The number of hydrogen-bond acceptors (Lipinski definition) is 2. The summed E-state index contributed by atoms with van der Waals surface area (Å²) in [4.78, 5) is 14.1. The summed E-state index contributed by atoms with van der Waals surface area (Å²) in [6, 6.07) is 7.93. The minimum Gasteiger partial charge on any atom is -0.341 e. The second-order valence-electron chi connectivity index (χ2n) is 4.77. The van der Waals surface area contributed by atoms with Gasteiger partial charge in [-0.05, 0) is 37.6 Å². The Morgan fingerprint density at radius 3 is 2.83 bits per heavy atom. The highest BCUT2D eigenvalue weighted by Crippen LogP contribution is 2.14. The van der Waals surface area contributed by atoms with E-state index in [9.17, 15) is 4.79 Å². The zero-order valence-electron chi connectivity index (χ0n) is 10.7. The number of benzene rings is 1. The molecule has 1 atom stereocenters. The summed E-state index contributed by atoms with van der Waals surface area (Å²) < 4.78 is 0. The molecule has 1 N–H and O–H groups in total. The summed E-state index contributed by atoms with van der Waals surface area (Å²) in [5, 5.41) is 3.96. The van der Waals surface area contributed by atoms with Crippen molar-refractivity contribution in [3.05, 3.63) is 34.9 Å². The molecule has 3 nitrogen and oxygen atoms in total. The Labute approximate surface area is 113 Å². The Morgan fingerprint density at radius 2 is 2.17 bits per heavy atom. The van der Waals surface area contributed by atoms with Crippen molar-refractivity contribution >= 4 is 17.5 Å². The summed E-state index contributed by atoms with van der Waals surface area (Å²) in [5.41, 5.74) is 1.02.